The van der Waals surface area contributed by atoms with Gasteiger partial charge in [0.15, 0.2) is 23.0 Å². The number of hydrogen-bond donors (Lipinski definition) is 3. The Balaban J connectivity index is 3.19. The average Bonchev–Trinajstić information content (AvgIpc) is 2.12. The lowest BCUT2D eigenvalue weighted by molar-refractivity contribution is 0.0938. The average molecular weight is 196 g/mol. The summed E-state index contributed by atoms with van der Waals surface area (Å²) in [5.41, 5.74) is 0.188. The fourth-order valence-corrected chi connectivity index (χ4v) is 1.08. The topological polar surface area (TPSA) is 77.8 Å². The molecule has 0 bridgehead atoms. The molecule has 0 spiro atoms. The summed E-state index contributed by atoms with van der Waals surface area (Å²) in [6.45, 7) is 3.42. The van der Waals surface area contributed by atoms with Crippen LogP contribution in [-0.4, -0.2) is 21.1 Å². The predicted molar refractivity (Wildman–Crippen MR) is 50.6 cm³/mol. The normalized spacial score (nSPS) is 10.5. The minimum absolute atomic E-state index is 0.188. The first-order valence-electron chi connectivity index (χ1n) is 4.22. The molecule has 14 heavy (non-hydrogen) atoms. The van der Waals surface area contributed by atoms with Crippen molar-refractivity contribution in [2.45, 2.75) is 13.8 Å². The zero-order valence-corrected chi connectivity index (χ0v) is 7.98. The number of benzene rings is 1. The zero-order chi connectivity index (χ0) is 10.9. The van der Waals surface area contributed by atoms with E-state index in [1.54, 1.807) is 13.8 Å². The molecular weight excluding hydrogens is 184 g/mol. The second kappa shape index (κ2) is 3.57. The van der Waals surface area contributed by atoms with Crippen LogP contribution in [0.15, 0.2) is 12.1 Å². The predicted octanol–water partition coefficient (Wildman–Crippen LogP) is 1.64. The third kappa shape index (κ3) is 1.79. The molecule has 4 heteroatoms. The molecule has 0 radical (unpaired) electrons. The maximum Gasteiger partial charge on any atom is 0.200 e. The number of hydrogen-bond acceptors (Lipinski definition) is 4. The number of phenolic OH excluding ortho intramolecular Hbond substituents is 3. The van der Waals surface area contributed by atoms with Gasteiger partial charge in [-0.25, -0.2) is 0 Å². The van der Waals surface area contributed by atoms with Gasteiger partial charge in [0.1, 0.15) is 0 Å². The molecular formula is C10H12O4. The minimum Gasteiger partial charge on any atom is -0.504 e. The number of ketones is 1. The van der Waals surface area contributed by atoms with Crippen LogP contribution < -0.4 is 0 Å². The van der Waals surface area contributed by atoms with E-state index in [4.69, 9.17) is 15.3 Å². The summed E-state index contributed by atoms with van der Waals surface area (Å²) in [7, 11) is 0. The van der Waals surface area contributed by atoms with Crippen molar-refractivity contribution < 1.29 is 20.1 Å². The van der Waals surface area contributed by atoms with E-state index in [0.717, 1.165) is 12.1 Å². The largest absolute Gasteiger partial charge is 0.504 e. The van der Waals surface area contributed by atoms with Gasteiger partial charge < -0.3 is 15.3 Å². The van der Waals surface area contributed by atoms with E-state index in [0.29, 0.717) is 0 Å². The molecule has 1 aromatic carbocycles. The summed E-state index contributed by atoms with van der Waals surface area (Å²) >= 11 is 0. The van der Waals surface area contributed by atoms with Crippen LogP contribution in [0.25, 0.3) is 0 Å². The quantitative estimate of drug-likeness (QED) is 0.496. The molecule has 0 heterocycles. The monoisotopic (exact) mass is 196 g/mol. The molecule has 0 aromatic heterocycles. The van der Waals surface area contributed by atoms with Crippen LogP contribution >= 0.6 is 0 Å². The van der Waals surface area contributed by atoms with Crippen molar-refractivity contribution >= 4 is 5.78 Å². The van der Waals surface area contributed by atoms with Gasteiger partial charge in [-0.15, -0.1) is 0 Å². The Morgan fingerprint density at radius 3 is 1.93 bits per heavy atom. The molecule has 0 aliphatic rings. The summed E-state index contributed by atoms with van der Waals surface area (Å²) in [6.07, 6.45) is 0. The molecule has 0 unspecified atom stereocenters. The van der Waals surface area contributed by atoms with Crippen molar-refractivity contribution in [1.82, 2.24) is 0 Å². The summed E-state index contributed by atoms with van der Waals surface area (Å²) in [5, 5.41) is 27.3. The number of carbonyl (C=O) groups is 1. The van der Waals surface area contributed by atoms with Gasteiger partial charge in [-0.05, 0) is 12.1 Å². The molecule has 1 rings (SSSR count). The van der Waals surface area contributed by atoms with Gasteiger partial charge in [-0.3, -0.25) is 4.79 Å². The van der Waals surface area contributed by atoms with E-state index in [9.17, 15) is 4.79 Å². The highest BCUT2D eigenvalue weighted by atomic mass is 16.3. The molecule has 0 amide bonds. The Kier molecular flexibility index (Phi) is 2.65. The number of phenols is 3. The fraction of sp³-hybridized carbons (Fsp3) is 0.300. The Bertz CT molecular complexity index is 345. The van der Waals surface area contributed by atoms with Crippen LogP contribution in [0.3, 0.4) is 0 Å². The lowest BCUT2D eigenvalue weighted by Gasteiger charge is -2.06. The van der Waals surface area contributed by atoms with Crippen LogP contribution in [0.5, 0.6) is 17.2 Å². The van der Waals surface area contributed by atoms with E-state index in [1.165, 1.54) is 0 Å². The second-order valence-electron chi connectivity index (χ2n) is 3.38. The number of aromatic hydroxyl groups is 3. The lowest BCUT2D eigenvalue weighted by atomic mass is 10.0. The first kappa shape index (κ1) is 10.4. The minimum atomic E-state index is -0.606. The highest BCUT2D eigenvalue weighted by molar-refractivity contribution is 5.98. The van der Waals surface area contributed by atoms with Crippen molar-refractivity contribution in [3.8, 4) is 17.2 Å². The number of rotatable bonds is 2. The second-order valence-corrected chi connectivity index (χ2v) is 3.38. The van der Waals surface area contributed by atoms with Crippen LogP contribution in [-0.2, 0) is 0 Å². The van der Waals surface area contributed by atoms with Gasteiger partial charge in [0, 0.05) is 11.5 Å². The maximum atomic E-state index is 11.5. The standard InChI is InChI=1S/C10H12O4/c1-5(2)9(13)6-3-7(11)10(14)8(12)4-6/h3-5,11-12,14H,1-2H3. The summed E-state index contributed by atoms with van der Waals surface area (Å²) in [5.74, 6) is -2.01. The molecule has 0 aliphatic carbocycles. The first-order valence-corrected chi connectivity index (χ1v) is 4.22. The number of Topliss-reactive ketones (excluding diaryl/α,β-unsaturated/α-hetero) is 1. The molecule has 1 aromatic rings. The maximum absolute atomic E-state index is 11.5. The van der Waals surface area contributed by atoms with Crippen molar-refractivity contribution in [2.75, 3.05) is 0 Å². The zero-order valence-electron chi connectivity index (χ0n) is 7.98. The highest BCUT2D eigenvalue weighted by Crippen LogP contribution is 2.35. The van der Waals surface area contributed by atoms with Crippen molar-refractivity contribution in [3.05, 3.63) is 17.7 Å². The Morgan fingerprint density at radius 1 is 1.14 bits per heavy atom. The van der Waals surface area contributed by atoms with Crippen LogP contribution in [0.2, 0.25) is 0 Å². The smallest absolute Gasteiger partial charge is 0.200 e. The van der Waals surface area contributed by atoms with Crippen molar-refractivity contribution in [3.63, 3.8) is 0 Å². The molecule has 0 atom stereocenters. The third-order valence-electron chi connectivity index (χ3n) is 1.88. The van der Waals surface area contributed by atoms with Gasteiger partial charge >= 0.3 is 0 Å². The molecule has 0 aliphatic heterocycles. The molecule has 0 saturated carbocycles. The van der Waals surface area contributed by atoms with E-state index in [2.05, 4.69) is 0 Å². The summed E-state index contributed by atoms with van der Waals surface area (Å²) in [6, 6.07) is 2.27. The van der Waals surface area contributed by atoms with Gasteiger partial charge in [0.2, 0.25) is 0 Å². The lowest BCUT2D eigenvalue weighted by Crippen LogP contribution is -2.06. The Labute approximate surface area is 81.4 Å². The molecule has 3 N–H and O–H groups in total. The summed E-state index contributed by atoms with van der Waals surface area (Å²) < 4.78 is 0. The first-order chi connectivity index (χ1) is 6.43. The van der Waals surface area contributed by atoms with Gasteiger partial charge in [0.25, 0.3) is 0 Å². The van der Waals surface area contributed by atoms with Gasteiger partial charge in [0.05, 0.1) is 0 Å². The van der Waals surface area contributed by atoms with Crippen LogP contribution in [0, 0.1) is 5.92 Å². The fourth-order valence-electron chi connectivity index (χ4n) is 1.08. The Morgan fingerprint density at radius 2 is 1.57 bits per heavy atom. The SMILES string of the molecule is CC(C)C(=O)c1cc(O)c(O)c(O)c1. The number of carbonyl (C=O) groups excluding carboxylic acids is 1. The molecule has 4 nitrogen and oxygen atoms in total. The molecule has 0 fully saturated rings. The van der Waals surface area contributed by atoms with E-state index >= 15 is 0 Å². The van der Waals surface area contributed by atoms with Gasteiger partial charge in [-0.1, -0.05) is 13.8 Å². The van der Waals surface area contributed by atoms with Gasteiger partial charge in [-0.2, -0.15) is 0 Å². The molecule has 76 valence electrons. The molecule has 0 saturated heterocycles. The van der Waals surface area contributed by atoms with E-state index in [1.807, 2.05) is 0 Å². The van der Waals surface area contributed by atoms with E-state index in [-0.39, 0.29) is 17.3 Å². The van der Waals surface area contributed by atoms with Crippen molar-refractivity contribution in [1.29, 1.82) is 0 Å². The van der Waals surface area contributed by atoms with Crippen molar-refractivity contribution in [2.24, 2.45) is 5.92 Å². The Hall–Kier alpha value is -1.71. The highest BCUT2D eigenvalue weighted by Gasteiger charge is 2.15. The van der Waals surface area contributed by atoms with Crippen LogP contribution in [0.4, 0.5) is 0 Å². The third-order valence-corrected chi connectivity index (χ3v) is 1.88. The van der Waals surface area contributed by atoms with E-state index < -0.39 is 17.2 Å². The summed E-state index contributed by atoms with van der Waals surface area (Å²) in [4.78, 5) is 11.5. The van der Waals surface area contributed by atoms with Crippen LogP contribution in [0.1, 0.15) is 24.2 Å².